The molecule has 0 unspecified atom stereocenters. The first-order valence-corrected chi connectivity index (χ1v) is 7.39. The van der Waals surface area contributed by atoms with Gasteiger partial charge < -0.3 is 21.3 Å². The summed E-state index contributed by atoms with van der Waals surface area (Å²) in [6.07, 6.45) is 0. The molecule has 0 saturated carbocycles. The minimum absolute atomic E-state index is 0.00547. The van der Waals surface area contributed by atoms with E-state index in [1.54, 1.807) is 0 Å². The first kappa shape index (κ1) is 14.1. The molecule has 2 heterocycles. The highest BCUT2D eigenvalue weighted by molar-refractivity contribution is 7.18. The van der Waals surface area contributed by atoms with Crippen molar-refractivity contribution < 1.29 is 4.79 Å². The van der Waals surface area contributed by atoms with Gasteiger partial charge in [0.25, 0.3) is 5.91 Å². The summed E-state index contributed by atoms with van der Waals surface area (Å²) in [5, 5.41) is 7.16. The summed E-state index contributed by atoms with van der Waals surface area (Å²) in [6, 6.07) is 0. The maximum absolute atomic E-state index is 12.3. The van der Waals surface area contributed by atoms with Crippen LogP contribution in [0.1, 0.15) is 23.5 Å². The topological polar surface area (TPSA) is 83.3 Å². The van der Waals surface area contributed by atoms with Crippen molar-refractivity contribution in [2.75, 3.05) is 43.8 Å². The normalized spacial score (nSPS) is 15.8. The van der Waals surface area contributed by atoms with Crippen LogP contribution < -0.4 is 16.4 Å². The Morgan fingerprint density at radius 3 is 2.84 bits per heavy atom. The van der Waals surface area contributed by atoms with Crippen molar-refractivity contribution in [3.8, 4) is 0 Å². The molecule has 19 heavy (non-hydrogen) atoms. The molecule has 1 aromatic rings. The van der Waals surface area contributed by atoms with Crippen LogP contribution >= 0.6 is 11.3 Å². The fraction of sp³-hybridized carbons (Fsp3) is 0.667. The molecular weight excluding hydrogens is 262 g/mol. The Morgan fingerprint density at radius 2 is 2.21 bits per heavy atom. The molecule has 0 aromatic carbocycles. The third-order valence-corrected chi connectivity index (χ3v) is 3.93. The van der Waals surface area contributed by atoms with E-state index in [4.69, 9.17) is 5.73 Å². The van der Waals surface area contributed by atoms with Gasteiger partial charge in [-0.25, -0.2) is 4.98 Å². The number of carbonyl (C=O) groups is 1. The Labute approximate surface area is 117 Å². The maximum Gasteiger partial charge on any atom is 0.267 e. The molecule has 106 valence electrons. The number of nitrogens with zero attached hydrogens (tertiary/aromatic N) is 2. The quantitative estimate of drug-likeness (QED) is 0.762. The third-order valence-electron chi connectivity index (χ3n) is 2.91. The Morgan fingerprint density at radius 1 is 1.53 bits per heavy atom. The van der Waals surface area contributed by atoms with E-state index in [-0.39, 0.29) is 5.91 Å². The smallest absolute Gasteiger partial charge is 0.267 e. The van der Waals surface area contributed by atoms with E-state index in [0.29, 0.717) is 16.6 Å². The third kappa shape index (κ3) is 3.57. The van der Waals surface area contributed by atoms with Crippen LogP contribution in [0.25, 0.3) is 0 Å². The zero-order valence-electron chi connectivity index (χ0n) is 11.4. The summed E-state index contributed by atoms with van der Waals surface area (Å²) >= 11 is 1.34. The van der Waals surface area contributed by atoms with Gasteiger partial charge >= 0.3 is 0 Å². The molecule has 0 atom stereocenters. The Bertz CT molecular complexity index is 439. The second kappa shape index (κ2) is 6.21. The van der Waals surface area contributed by atoms with Crippen molar-refractivity contribution in [1.82, 2.24) is 15.2 Å². The molecule has 0 bridgehead atoms. The average molecular weight is 283 g/mol. The number of amides is 1. The highest BCUT2D eigenvalue weighted by Crippen LogP contribution is 2.26. The summed E-state index contributed by atoms with van der Waals surface area (Å²) in [6.45, 7) is 8.20. The van der Waals surface area contributed by atoms with Crippen LogP contribution in [0.5, 0.6) is 0 Å². The number of hydrogen-bond acceptors (Lipinski definition) is 6. The number of hydrogen-bond donors (Lipinski definition) is 3. The number of anilines is 2. The van der Waals surface area contributed by atoms with Crippen molar-refractivity contribution in [3.63, 3.8) is 0 Å². The van der Waals surface area contributed by atoms with Crippen molar-refractivity contribution in [1.29, 1.82) is 0 Å². The standard InChI is InChI=1S/C12H21N5OS/c1-8(2)7-15-12-16-10(13)9(19-12)11(18)17-5-3-14-4-6-17/h8,14H,3-7,13H2,1-2H3,(H,15,16). The molecule has 6 nitrogen and oxygen atoms in total. The molecule has 1 aromatic heterocycles. The molecule has 0 aliphatic carbocycles. The van der Waals surface area contributed by atoms with Gasteiger partial charge in [-0.2, -0.15) is 0 Å². The predicted octanol–water partition coefficient (Wildman–Crippen LogP) is 0.839. The van der Waals surface area contributed by atoms with Gasteiger partial charge in [-0.1, -0.05) is 25.2 Å². The van der Waals surface area contributed by atoms with Crippen LogP contribution in [0.4, 0.5) is 10.9 Å². The number of nitrogens with one attached hydrogen (secondary N) is 2. The van der Waals surface area contributed by atoms with Gasteiger partial charge in [-0.15, -0.1) is 0 Å². The molecule has 1 aliphatic rings. The summed E-state index contributed by atoms with van der Waals surface area (Å²) < 4.78 is 0. The molecular formula is C12H21N5OS. The highest BCUT2D eigenvalue weighted by Gasteiger charge is 2.23. The van der Waals surface area contributed by atoms with Crippen LogP contribution in [0.3, 0.4) is 0 Å². The van der Waals surface area contributed by atoms with Gasteiger partial charge in [0.2, 0.25) is 0 Å². The summed E-state index contributed by atoms with van der Waals surface area (Å²) in [5.74, 6) is 0.853. The van der Waals surface area contributed by atoms with Crippen LogP contribution in [0, 0.1) is 5.92 Å². The fourth-order valence-electron chi connectivity index (χ4n) is 1.86. The van der Waals surface area contributed by atoms with E-state index in [1.165, 1.54) is 11.3 Å². The number of thiazole rings is 1. The number of aromatic nitrogens is 1. The van der Waals surface area contributed by atoms with Gasteiger partial charge in [0.1, 0.15) is 10.7 Å². The van der Waals surface area contributed by atoms with Gasteiger partial charge in [-0.05, 0) is 5.92 Å². The van der Waals surface area contributed by atoms with Crippen molar-refractivity contribution in [2.45, 2.75) is 13.8 Å². The lowest BCUT2D eigenvalue weighted by Gasteiger charge is -2.26. The van der Waals surface area contributed by atoms with Gasteiger partial charge in [0.05, 0.1) is 0 Å². The van der Waals surface area contributed by atoms with Crippen LogP contribution in [0.2, 0.25) is 0 Å². The monoisotopic (exact) mass is 283 g/mol. The zero-order chi connectivity index (χ0) is 13.8. The van der Waals surface area contributed by atoms with Crippen molar-refractivity contribution in [2.24, 2.45) is 5.92 Å². The van der Waals surface area contributed by atoms with E-state index in [0.717, 1.165) is 37.9 Å². The molecule has 4 N–H and O–H groups in total. The summed E-state index contributed by atoms with van der Waals surface area (Å²) in [7, 11) is 0. The van der Waals surface area contributed by atoms with E-state index < -0.39 is 0 Å². The van der Waals surface area contributed by atoms with Crippen LogP contribution in [-0.2, 0) is 0 Å². The van der Waals surface area contributed by atoms with Gasteiger partial charge in [-0.3, -0.25) is 4.79 Å². The minimum atomic E-state index is -0.00547. The summed E-state index contributed by atoms with van der Waals surface area (Å²) in [5.41, 5.74) is 5.85. The number of rotatable bonds is 4. The molecule has 0 spiro atoms. The number of piperazine rings is 1. The minimum Gasteiger partial charge on any atom is -0.382 e. The lowest BCUT2D eigenvalue weighted by atomic mass is 10.2. The maximum atomic E-state index is 12.3. The Kier molecular flexibility index (Phi) is 4.60. The van der Waals surface area contributed by atoms with Gasteiger partial charge in [0, 0.05) is 32.7 Å². The van der Waals surface area contributed by atoms with E-state index >= 15 is 0 Å². The molecule has 0 radical (unpaired) electrons. The van der Waals surface area contributed by atoms with Crippen molar-refractivity contribution in [3.05, 3.63) is 4.88 Å². The number of nitrogens with two attached hydrogens (primary N) is 1. The molecule has 1 aliphatic heterocycles. The fourth-order valence-corrected chi connectivity index (χ4v) is 2.72. The second-order valence-electron chi connectivity index (χ2n) is 5.05. The zero-order valence-corrected chi connectivity index (χ0v) is 12.2. The predicted molar refractivity (Wildman–Crippen MR) is 78.6 cm³/mol. The first-order valence-electron chi connectivity index (χ1n) is 6.58. The second-order valence-corrected chi connectivity index (χ2v) is 6.05. The average Bonchev–Trinajstić information content (AvgIpc) is 2.78. The molecule has 2 rings (SSSR count). The van der Waals surface area contributed by atoms with E-state index in [1.807, 2.05) is 4.90 Å². The van der Waals surface area contributed by atoms with Crippen molar-refractivity contribution >= 4 is 28.2 Å². The highest BCUT2D eigenvalue weighted by atomic mass is 32.1. The molecule has 1 fully saturated rings. The van der Waals surface area contributed by atoms with Crippen LogP contribution in [0.15, 0.2) is 0 Å². The Hall–Kier alpha value is -1.34. The van der Waals surface area contributed by atoms with Crippen LogP contribution in [-0.4, -0.2) is 48.5 Å². The first-order chi connectivity index (χ1) is 9.08. The number of carbonyl (C=O) groups excluding carboxylic acids is 1. The van der Waals surface area contributed by atoms with E-state index in [2.05, 4.69) is 29.5 Å². The summed E-state index contributed by atoms with van der Waals surface area (Å²) in [4.78, 5) is 18.9. The SMILES string of the molecule is CC(C)CNc1nc(N)c(C(=O)N2CCNCC2)s1. The molecule has 1 amide bonds. The number of nitrogen functional groups attached to an aromatic ring is 1. The largest absolute Gasteiger partial charge is 0.382 e. The molecule has 1 saturated heterocycles. The van der Waals surface area contributed by atoms with Gasteiger partial charge in [0.15, 0.2) is 5.13 Å². The lowest BCUT2D eigenvalue weighted by Crippen LogP contribution is -2.46. The van der Waals surface area contributed by atoms with E-state index in [9.17, 15) is 4.79 Å². The lowest BCUT2D eigenvalue weighted by molar-refractivity contribution is 0.0741. The Balaban J connectivity index is 2.04. The molecule has 7 heteroatoms.